The van der Waals surface area contributed by atoms with E-state index in [0.29, 0.717) is 19.1 Å². The van der Waals surface area contributed by atoms with Crippen molar-refractivity contribution in [2.75, 3.05) is 13.1 Å². The zero-order valence-corrected chi connectivity index (χ0v) is 13.8. The third-order valence-electron chi connectivity index (χ3n) is 4.02. The van der Waals surface area contributed by atoms with E-state index in [4.69, 9.17) is 0 Å². The predicted molar refractivity (Wildman–Crippen MR) is 83.9 cm³/mol. The molecule has 0 aliphatic carbocycles. The van der Waals surface area contributed by atoms with Gasteiger partial charge in [-0.2, -0.15) is 13.2 Å². The summed E-state index contributed by atoms with van der Waals surface area (Å²) in [5.74, 6) is -0.366. The molecule has 1 amide bonds. The molecule has 2 bridgehead atoms. The summed E-state index contributed by atoms with van der Waals surface area (Å²) in [6.07, 6.45) is 4.22. The minimum atomic E-state index is -4.46. The van der Waals surface area contributed by atoms with Crippen molar-refractivity contribution in [1.29, 1.82) is 0 Å². The number of fused-ring (bicyclic) bond motifs is 2. The second-order valence-electron chi connectivity index (χ2n) is 5.58. The average Bonchev–Trinajstić information content (AvgIpc) is 2.76. The summed E-state index contributed by atoms with van der Waals surface area (Å²) in [6, 6.07) is 3.57. The predicted octanol–water partition coefficient (Wildman–Crippen LogP) is 3.08. The van der Waals surface area contributed by atoms with Crippen LogP contribution in [0.4, 0.5) is 13.2 Å². The van der Waals surface area contributed by atoms with E-state index in [1.54, 1.807) is 4.90 Å². The van der Waals surface area contributed by atoms with Crippen LogP contribution >= 0.6 is 24.2 Å². The van der Waals surface area contributed by atoms with Crippen molar-refractivity contribution in [3.63, 3.8) is 0 Å². The number of carbonyl (C=O) groups excluding carboxylic acids is 1. The summed E-state index contributed by atoms with van der Waals surface area (Å²) in [7, 11) is 0. The molecule has 1 N–H and O–H groups in total. The van der Waals surface area contributed by atoms with Gasteiger partial charge >= 0.3 is 5.51 Å². The van der Waals surface area contributed by atoms with Gasteiger partial charge in [0, 0.05) is 43.1 Å². The number of hydrogen-bond acceptors (Lipinski definition) is 4. The molecule has 2 aliphatic rings. The second-order valence-corrected chi connectivity index (χ2v) is 6.64. The van der Waals surface area contributed by atoms with Crippen LogP contribution in [0.3, 0.4) is 0 Å². The molecular formula is C14H17ClF3N3OS. The topological polar surface area (TPSA) is 45.2 Å². The number of carbonyl (C=O) groups is 1. The van der Waals surface area contributed by atoms with Crippen LogP contribution in [0.2, 0.25) is 0 Å². The number of halogens is 4. The lowest BCUT2D eigenvalue weighted by Gasteiger charge is -2.25. The Bertz CT molecular complexity index is 572. The van der Waals surface area contributed by atoms with E-state index >= 15 is 0 Å². The molecule has 4 nitrogen and oxygen atoms in total. The number of aromatic nitrogens is 1. The first-order valence-corrected chi connectivity index (χ1v) is 8.00. The standard InChI is InChI=1S/C14H16F3N3OS.ClH/c15-14(16,17)22-12-11(2-1-6-18-12)13(21)20-7-5-9-3-4-10(8-20)19-9;/h1-2,6,9-10,19H,3-5,7-8H2;1H. The molecule has 2 fully saturated rings. The number of nitrogens with one attached hydrogen (secondary N) is 1. The lowest BCUT2D eigenvalue weighted by atomic mass is 10.1. The molecule has 0 saturated carbocycles. The van der Waals surface area contributed by atoms with E-state index in [9.17, 15) is 18.0 Å². The fourth-order valence-electron chi connectivity index (χ4n) is 3.04. The van der Waals surface area contributed by atoms with Gasteiger partial charge in [0.05, 0.1) is 5.56 Å². The number of hydrogen-bond donors (Lipinski definition) is 1. The molecule has 23 heavy (non-hydrogen) atoms. The van der Waals surface area contributed by atoms with E-state index < -0.39 is 5.51 Å². The minimum absolute atomic E-state index is 0. The maximum Gasteiger partial charge on any atom is 0.447 e. The molecule has 0 spiro atoms. The normalized spacial score (nSPS) is 24.0. The van der Waals surface area contributed by atoms with Gasteiger partial charge < -0.3 is 10.2 Å². The highest BCUT2D eigenvalue weighted by Crippen LogP contribution is 2.37. The molecule has 0 aromatic carbocycles. The van der Waals surface area contributed by atoms with E-state index in [1.807, 2.05) is 0 Å². The van der Waals surface area contributed by atoms with Crippen molar-refractivity contribution in [3.05, 3.63) is 23.9 Å². The van der Waals surface area contributed by atoms with Crippen LogP contribution in [-0.2, 0) is 0 Å². The highest BCUT2D eigenvalue weighted by atomic mass is 35.5. The van der Waals surface area contributed by atoms with Crippen LogP contribution in [0.15, 0.2) is 23.4 Å². The van der Waals surface area contributed by atoms with E-state index in [0.717, 1.165) is 19.3 Å². The van der Waals surface area contributed by atoms with Crippen molar-refractivity contribution in [3.8, 4) is 0 Å². The maximum atomic E-state index is 12.6. The highest BCUT2D eigenvalue weighted by molar-refractivity contribution is 8.00. The Morgan fingerprint density at radius 2 is 2.04 bits per heavy atom. The Balaban J connectivity index is 0.00000192. The fourth-order valence-corrected chi connectivity index (χ4v) is 3.64. The molecule has 1 aromatic heterocycles. The van der Waals surface area contributed by atoms with Gasteiger partial charge in [0.25, 0.3) is 5.91 Å². The van der Waals surface area contributed by atoms with Gasteiger partial charge in [0.2, 0.25) is 0 Å². The van der Waals surface area contributed by atoms with Crippen LogP contribution < -0.4 is 5.32 Å². The molecular weight excluding hydrogens is 351 g/mol. The summed E-state index contributed by atoms with van der Waals surface area (Å²) in [5, 5.41) is 3.17. The first kappa shape index (κ1) is 18.4. The van der Waals surface area contributed by atoms with Crippen LogP contribution in [-0.4, -0.2) is 46.5 Å². The lowest BCUT2D eigenvalue weighted by molar-refractivity contribution is -0.0329. The van der Waals surface area contributed by atoms with Crippen LogP contribution in [0, 0.1) is 0 Å². The summed E-state index contributed by atoms with van der Waals surface area (Å²) in [6.45, 7) is 1.11. The molecule has 2 saturated heterocycles. The fraction of sp³-hybridized carbons (Fsp3) is 0.571. The second kappa shape index (κ2) is 7.27. The Morgan fingerprint density at radius 1 is 1.30 bits per heavy atom. The number of pyridine rings is 1. The third-order valence-corrected chi connectivity index (χ3v) is 4.77. The smallest absolute Gasteiger partial charge is 0.337 e. The quantitative estimate of drug-likeness (QED) is 0.816. The van der Waals surface area contributed by atoms with Gasteiger partial charge in [-0.1, -0.05) is 0 Å². The zero-order chi connectivity index (χ0) is 15.7. The van der Waals surface area contributed by atoms with Crippen molar-refractivity contribution >= 4 is 30.1 Å². The molecule has 1 aromatic rings. The molecule has 128 valence electrons. The van der Waals surface area contributed by atoms with E-state index in [-0.39, 0.29) is 46.7 Å². The molecule has 3 rings (SSSR count). The van der Waals surface area contributed by atoms with Crippen LogP contribution in [0.5, 0.6) is 0 Å². The van der Waals surface area contributed by atoms with Gasteiger partial charge in [0.1, 0.15) is 5.03 Å². The number of nitrogens with zero attached hydrogens (tertiary/aromatic N) is 2. The molecule has 3 heterocycles. The first-order chi connectivity index (χ1) is 10.4. The van der Waals surface area contributed by atoms with Crippen molar-refractivity contribution in [1.82, 2.24) is 15.2 Å². The van der Waals surface area contributed by atoms with E-state index in [2.05, 4.69) is 10.3 Å². The summed E-state index contributed by atoms with van der Waals surface area (Å²) in [5.41, 5.74) is -4.43. The van der Waals surface area contributed by atoms with Gasteiger partial charge in [0.15, 0.2) is 0 Å². The zero-order valence-electron chi connectivity index (χ0n) is 12.2. The first-order valence-electron chi connectivity index (χ1n) is 7.18. The number of rotatable bonds is 2. The van der Waals surface area contributed by atoms with Crippen molar-refractivity contribution in [2.24, 2.45) is 0 Å². The number of likely N-dealkylation sites (tertiary alicyclic amines) is 1. The summed E-state index contributed by atoms with van der Waals surface area (Å²) >= 11 is -0.334. The summed E-state index contributed by atoms with van der Waals surface area (Å²) in [4.78, 5) is 18.0. The maximum absolute atomic E-state index is 12.6. The van der Waals surface area contributed by atoms with Gasteiger partial charge in [-0.3, -0.25) is 4.79 Å². The van der Waals surface area contributed by atoms with Crippen molar-refractivity contribution < 1.29 is 18.0 Å². The summed E-state index contributed by atoms with van der Waals surface area (Å²) < 4.78 is 37.8. The Morgan fingerprint density at radius 3 is 2.78 bits per heavy atom. The molecule has 2 unspecified atom stereocenters. The monoisotopic (exact) mass is 367 g/mol. The number of amides is 1. The van der Waals surface area contributed by atoms with Crippen molar-refractivity contribution in [2.45, 2.75) is 41.9 Å². The molecule has 0 radical (unpaired) electrons. The third kappa shape index (κ3) is 4.51. The Kier molecular flexibility index (Phi) is 5.80. The Labute approximate surface area is 142 Å². The van der Waals surface area contributed by atoms with Crippen LogP contribution in [0.1, 0.15) is 29.6 Å². The van der Waals surface area contributed by atoms with Gasteiger partial charge in [-0.15, -0.1) is 12.4 Å². The van der Waals surface area contributed by atoms with Gasteiger partial charge in [-0.25, -0.2) is 4.98 Å². The molecule has 2 aliphatic heterocycles. The SMILES string of the molecule is Cl.O=C(c1cccnc1SC(F)(F)F)N1CCC2CCC(C1)N2. The van der Waals surface area contributed by atoms with Gasteiger partial charge in [-0.05, 0) is 31.4 Å². The largest absolute Gasteiger partial charge is 0.447 e. The Hall–Kier alpha value is -0.990. The highest BCUT2D eigenvalue weighted by Gasteiger charge is 2.35. The molecule has 9 heteroatoms. The number of thioether (sulfide) groups is 1. The average molecular weight is 368 g/mol. The van der Waals surface area contributed by atoms with E-state index in [1.165, 1.54) is 18.3 Å². The molecule has 2 atom stereocenters. The number of alkyl halides is 3. The van der Waals surface area contributed by atoms with Crippen LogP contribution in [0.25, 0.3) is 0 Å². The minimum Gasteiger partial charge on any atom is -0.337 e. The lowest BCUT2D eigenvalue weighted by Crippen LogP contribution is -2.39.